The van der Waals surface area contributed by atoms with Crippen molar-refractivity contribution in [3.05, 3.63) is 40.7 Å². The van der Waals surface area contributed by atoms with Gasteiger partial charge in [-0.1, -0.05) is 0 Å². The monoisotopic (exact) mass is 214 g/mol. The van der Waals surface area contributed by atoms with Crippen molar-refractivity contribution in [2.75, 3.05) is 0 Å². The third kappa shape index (κ3) is 1.71. The number of nitrogens with one attached hydrogen (secondary N) is 1. The summed E-state index contributed by atoms with van der Waals surface area (Å²) in [6, 6.07) is 1.57. The Morgan fingerprint density at radius 2 is 2.19 bits per heavy atom. The summed E-state index contributed by atoms with van der Waals surface area (Å²) in [7, 11) is 0. The topological polar surface area (TPSA) is 71.5 Å². The first-order chi connectivity index (χ1) is 7.83. The predicted molar refractivity (Wildman–Crippen MR) is 57.9 cm³/mol. The maximum absolute atomic E-state index is 11.5. The maximum Gasteiger partial charge on any atom is 0.251 e. The normalized spacial score (nSPS) is 15.0. The highest BCUT2D eigenvalue weighted by Gasteiger charge is 2.26. The number of hydrogen-bond acceptors (Lipinski definition) is 4. The standard InChI is InChI=1S/C11H10N4O/c16-10-5-8(7-1-2-7)14-11(15-10)9-6-12-3-4-13-9/h3-7H,1-2H2,(H,14,15,16). The molecule has 0 bridgehead atoms. The highest BCUT2D eigenvalue weighted by Crippen LogP contribution is 2.38. The minimum absolute atomic E-state index is 0.127. The number of nitrogens with zero attached hydrogens (tertiary/aromatic N) is 3. The summed E-state index contributed by atoms with van der Waals surface area (Å²) in [4.78, 5) is 26.6. The van der Waals surface area contributed by atoms with Crippen molar-refractivity contribution in [3.63, 3.8) is 0 Å². The molecule has 5 nitrogen and oxygen atoms in total. The van der Waals surface area contributed by atoms with Crippen LogP contribution in [0.25, 0.3) is 11.5 Å². The molecule has 1 N–H and O–H groups in total. The average Bonchev–Trinajstić information content (AvgIpc) is 3.13. The molecule has 16 heavy (non-hydrogen) atoms. The van der Waals surface area contributed by atoms with Crippen LogP contribution >= 0.6 is 0 Å². The molecule has 1 saturated carbocycles. The van der Waals surface area contributed by atoms with Crippen LogP contribution in [0, 0.1) is 0 Å². The van der Waals surface area contributed by atoms with Crippen LogP contribution in [0.4, 0.5) is 0 Å². The van der Waals surface area contributed by atoms with E-state index in [1.165, 1.54) is 0 Å². The lowest BCUT2D eigenvalue weighted by Crippen LogP contribution is -2.10. The third-order valence-corrected chi connectivity index (χ3v) is 2.56. The van der Waals surface area contributed by atoms with Gasteiger partial charge in [-0.25, -0.2) is 9.97 Å². The summed E-state index contributed by atoms with van der Waals surface area (Å²) < 4.78 is 0. The van der Waals surface area contributed by atoms with Gasteiger partial charge in [-0.2, -0.15) is 0 Å². The van der Waals surface area contributed by atoms with Gasteiger partial charge >= 0.3 is 0 Å². The molecule has 3 rings (SSSR count). The van der Waals surface area contributed by atoms with E-state index in [1.807, 2.05) is 0 Å². The van der Waals surface area contributed by atoms with Gasteiger partial charge in [-0.05, 0) is 12.8 Å². The quantitative estimate of drug-likeness (QED) is 0.812. The van der Waals surface area contributed by atoms with Gasteiger partial charge in [0.2, 0.25) is 0 Å². The molecule has 0 saturated heterocycles. The molecule has 0 amide bonds. The SMILES string of the molecule is O=c1cc(C2CC2)nc(-c2cnccn2)[nH]1. The van der Waals surface area contributed by atoms with E-state index < -0.39 is 0 Å². The molecule has 2 aromatic heterocycles. The van der Waals surface area contributed by atoms with E-state index in [-0.39, 0.29) is 5.56 Å². The van der Waals surface area contributed by atoms with Gasteiger partial charge in [0.1, 0.15) is 5.69 Å². The van der Waals surface area contributed by atoms with Crippen molar-refractivity contribution in [3.8, 4) is 11.5 Å². The fraction of sp³-hybridized carbons (Fsp3) is 0.273. The Bertz CT molecular complexity index is 560. The number of aromatic amines is 1. The Morgan fingerprint density at radius 3 is 2.88 bits per heavy atom. The fourth-order valence-corrected chi connectivity index (χ4v) is 1.61. The van der Waals surface area contributed by atoms with Gasteiger partial charge in [-0.3, -0.25) is 9.78 Å². The maximum atomic E-state index is 11.5. The summed E-state index contributed by atoms with van der Waals surface area (Å²) >= 11 is 0. The van der Waals surface area contributed by atoms with Crippen molar-refractivity contribution < 1.29 is 0 Å². The largest absolute Gasteiger partial charge is 0.305 e. The fourth-order valence-electron chi connectivity index (χ4n) is 1.61. The molecule has 2 heterocycles. The van der Waals surface area contributed by atoms with Crippen LogP contribution < -0.4 is 5.56 Å². The molecule has 1 fully saturated rings. The molecule has 0 aliphatic heterocycles. The van der Waals surface area contributed by atoms with Crippen LogP contribution in [-0.4, -0.2) is 19.9 Å². The number of H-pyrrole nitrogens is 1. The van der Waals surface area contributed by atoms with Gasteiger partial charge in [0, 0.05) is 24.4 Å². The summed E-state index contributed by atoms with van der Waals surface area (Å²) in [6.07, 6.45) is 7.01. The van der Waals surface area contributed by atoms with Gasteiger partial charge in [0.25, 0.3) is 5.56 Å². The highest BCUT2D eigenvalue weighted by molar-refractivity contribution is 5.46. The van der Waals surface area contributed by atoms with E-state index in [2.05, 4.69) is 19.9 Å². The number of hydrogen-bond donors (Lipinski definition) is 1. The van der Waals surface area contributed by atoms with Crippen LogP contribution in [0.1, 0.15) is 24.5 Å². The predicted octanol–water partition coefficient (Wildman–Crippen LogP) is 1.10. The zero-order chi connectivity index (χ0) is 11.0. The molecule has 0 aromatic carbocycles. The number of rotatable bonds is 2. The van der Waals surface area contributed by atoms with Crippen molar-refractivity contribution in [1.29, 1.82) is 0 Å². The second kappa shape index (κ2) is 3.52. The molecule has 80 valence electrons. The van der Waals surface area contributed by atoms with Crippen LogP contribution in [-0.2, 0) is 0 Å². The second-order valence-electron chi connectivity index (χ2n) is 3.88. The van der Waals surface area contributed by atoms with Crippen molar-refractivity contribution in [2.24, 2.45) is 0 Å². The minimum Gasteiger partial charge on any atom is -0.305 e. The van der Waals surface area contributed by atoms with Gasteiger partial charge < -0.3 is 4.98 Å². The molecule has 0 radical (unpaired) electrons. The van der Waals surface area contributed by atoms with Crippen LogP contribution in [0.2, 0.25) is 0 Å². The van der Waals surface area contributed by atoms with Gasteiger partial charge in [0.05, 0.1) is 11.9 Å². The number of aromatic nitrogens is 4. The summed E-state index contributed by atoms with van der Waals surface area (Å²) in [5.74, 6) is 0.959. The van der Waals surface area contributed by atoms with Crippen LogP contribution in [0.3, 0.4) is 0 Å². The Labute approximate surface area is 91.6 Å². The smallest absolute Gasteiger partial charge is 0.251 e. The lowest BCUT2D eigenvalue weighted by Gasteiger charge is -2.01. The summed E-state index contributed by atoms with van der Waals surface area (Å²) in [5.41, 5.74) is 1.34. The van der Waals surface area contributed by atoms with E-state index in [0.717, 1.165) is 18.5 Å². The second-order valence-corrected chi connectivity index (χ2v) is 3.88. The van der Waals surface area contributed by atoms with Crippen LogP contribution in [0.5, 0.6) is 0 Å². The lowest BCUT2D eigenvalue weighted by atomic mass is 10.2. The Balaban J connectivity index is 2.10. The van der Waals surface area contributed by atoms with E-state index >= 15 is 0 Å². The Morgan fingerprint density at radius 1 is 1.31 bits per heavy atom. The lowest BCUT2D eigenvalue weighted by molar-refractivity contribution is 0.967. The minimum atomic E-state index is -0.127. The molecule has 5 heteroatoms. The third-order valence-electron chi connectivity index (χ3n) is 2.56. The molecule has 0 atom stereocenters. The average molecular weight is 214 g/mol. The van der Waals surface area contributed by atoms with Crippen molar-refractivity contribution in [1.82, 2.24) is 19.9 Å². The molecule has 1 aliphatic carbocycles. The molecule has 1 aliphatic rings. The van der Waals surface area contributed by atoms with E-state index in [1.54, 1.807) is 24.7 Å². The molecule has 0 unspecified atom stereocenters. The Kier molecular flexibility index (Phi) is 2.02. The van der Waals surface area contributed by atoms with Crippen LogP contribution in [0.15, 0.2) is 29.5 Å². The molecular formula is C11H10N4O. The summed E-state index contributed by atoms with van der Waals surface area (Å²) in [5, 5.41) is 0. The van der Waals surface area contributed by atoms with E-state index in [0.29, 0.717) is 17.4 Å². The molecular weight excluding hydrogens is 204 g/mol. The van der Waals surface area contributed by atoms with E-state index in [9.17, 15) is 4.79 Å². The zero-order valence-corrected chi connectivity index (χ0v) is 8.55. The first-order valence-electron chi connectivity index (χ1n) is 5.20. The Hall–Kier alpha value is -2.04. The highest BCUT2D eigenvalue weighted by atomic mass is 16.1. The van der Waals surface area contributed by atoms with E-state index in [4.69, 9.17) is 0 Å². The molecule has 0 spiro atoms. The van der Waals surface area contributed by atoms with Gasteiger partial charge in [-0.15, -0.1) is 0 Å². The summed E-state index contributed by atoms with van der Waals surface area (Å²) in [6.45, 7) is 0. The zero-order valence-electron chi connectivity index (χ0n) is 8.55. The van der Waals surface area contributed by atoms with Crippen molar-refractivity contribution in [2.45, 2.75) is 18.8 Å². The van der Waals surface area contributed by atoms with Crippen molar-refractivity contribution >= 4 is 0 Å². The van der Waals surface area contributed by atoms with Gasteiger partial charge in [0.15, 0.2) is 5.82 Å². The molecule has 2 aromatic rings. The first kappa shape index (κ1) is 9.21. The first-order valence-corrected chi connectivity index (χ1v) is 5.20.